The average molecular weight is 290 g/mol. The predicted molar refractivity (Wildman–Crippen MR) is 81.7 cm³/mol. The van der Waals surface area contributed by atoms with Gasteiger partial charge in [0.2, 0.25) is 0 Å². The van der Waals surface area contributed by atoms with Crippen molar-refractivity contribution in [1.82, 2.24) is 0 Å². The first kappa shape index (κ1) is 14.8. The molecule has 0 aromatic heterocycles. The van der Waals surface area contributed by atoms with Crippen molar-refractivity contribution in [2.75, 3.05) is 20.0 Å². The third kappa shape index (κ3) is 3.46. The number of aliphatic hydroxyl groups excluding tert-OH is 1. The van der Waals surface area contributed by atoms with Crippen LogP contribution < -0.4 is 9.47 Å². The molecule has 0 radical (unpaired) electrons. The minimum Gasteiger partial charge on any atom is -0.496 e. The van der Waals surface area contributed by atoms with Gasteiger partial charge in [0.05, 0.1) is 25.9 Å². The van der Waals surface area contributed by atoms with Gasteiger partial charge in [0, 0.05) is 10.6 Å². The monoisotopic (exact) mass is 290 g/mol. The summed E-state index contributed by atoms with van der Waals surface area (Å²) >= 11 is 1.60. The smallest absolute Gasteiger partial charge is 0.128 e. The van der Waals surface area contributed by atoms with Gasteiger partial charge in [-0.2, -0.15) is 0 Å². The Bertz CT molecular complexity index is 520. The molecule has 1 unspecified atom stereocenters. The fourth-order valence-electron chi connectivity index (χ4n) is 1.98. The van der Waals surface area contributed by atoms with Crippen LogP contribution in [0.4, 0.5) is 0 Å². The van der Waals surface area contributed by atoms with Crippen LogP contribution in [0.2, 0.25) is 0 Å². The zero-order valence-corrected chi connectivity index (χ0v) is 12.4. The van der Waals surface area contributed by atoms with Gasteiger partial charge in [-0.05, 0) is 24.3 Å². The minimum atomic E-state index is -0.647. The molecule has 0 aliphatic heterocycles. The first-order valence-corrected chi connectivity index (χ1v) is 7.31. The molecule has 20 heavy (non-hydrogen) atoms. The van der Waals surface area contributed by atoms with E-state index < -0.39 is 6.10 Å². The molecule has 3 nitrogen and oxygen atoms in total. The number of thioether (sulfide) groups is 1. The van der Waals surface area contributed by atoms with Gasteiger partial charge in [-0.1, -0.05) is 24.3 Å². The highest BCUT2D eigenvalue weighted by molar-refractivity contribution is 7.99. The summed E-state index contributed by atoms with van der Waals surface area (Å²) in [6, 6.07) is 15.5. The summed E-state index contributed by atoms with van der Waals surface area (Å²) in [5, 5.41) is 10.4. The summed E-state index contributed by atoms with van der Waals surface area (Å²) in [5.74, 6) is 1.83. The molecular formula is C16H18O3S. The second kappa shape index (κ2) is 7.22. The maximum Gasteiger partial charge on any atom is 0.128 e. The summed E-state index contributed by atoms with van der Waals surface area (Å²) in [5.41, 5.74) is 0.695. The normalized spacial score (nSPS) is 11.9. The second-order valence-corrected chi connectivity index (χ2v) is 5.31. The Morgan fingerprint density at radius 2 is 1.55 bits per heavy atom. The van der Waals surface area contributed by atoms with Crippen molar-refractivity contribution in [3.05, 3.63) is 54.1 Å². The Kier molecular flexibility index (Phi) is 5.32. The van der Waals surface area contributed by atoms with Crippen molar-refractivity contribution in [2.45, 2.75) is 11.0 Å². The van der Waals surface area contributed by atoms with Gasteiger partial charge in [0.15, 0.2) is 0 Å². The Labute approximate surface area is 123 Å². The van der Waals surface area contributed by atoms with Crippen molar-refractivity contribution < 1.29 is 14.6 Å². The Balaban J connectivity index is 2.14. The third-order valence-corrected chi connectivity index (χ3v) is 4.04. The molecule has 0 bridgehead atoms. The molecule has 2 aromatic rings. The highest BCUT2D eigenvalue weighted by atomic mass is 32.2. The summed E-state index contributed by atoms with van der Waals surface area (Å²) in [4.78, 5) is 1.13. The molecule has 1 N–H and O–H groups in total. The van der Waals surface area contributed by atoms with Crippen molar-refractivity contribution in [3.63, 3.8) is 0 Å². The lowest BCUT2D eigenvalue weighted by Gasteiger charge is -2.17. The van der Waals surface area contributed by atoms with Gasteiger partial charge in [0.1, 0.15) is 11.5 Å². The molecule has 106 valence electrons. The highest BCUT2D eigenvalue weighted by Gasteiger charge is 2.18. The maximum absolute atomic E-state index is 10.4. The number of hydrogen-bond acceptors (Lipinski definition) is 4. The standard InChI is InChI=1S/C16H18O3S/c1-18-14-9-6-10-15(19-2)16(14)13(17)11-20-12-7-4-3-5-8-12/h3-10,13,17H,11H2,1-2H3. The van der Waals surface area contributed by atoms with Crippen LogP contribution in [0.25, 0.3) is 0 Å². The average Bonchev–Trinajstić information content (AvgIpc) is 2.52. The van der Waals surface area contributed by atoms with Crippen LogP contribution in [-0.2, 0) is 0 Å². The van der Waals surface area contributed by atoms with E-state index in [0.29, 0.717) is 22.8 Å². The Morgan fingerprint density at radius 3 is 2.10 bits per heavy atom. The fourth-order valence-corrected chi connectivity index (χ4v) is 2.85. The molecule has 0 heterocycles. The lowest BCUT2D eigenvalue weighted by Crippen LogP contribution is -2.05. The van der Waals surface area contributed by atoms with E-state index >= 15 is 0 Å². The molecule has 0 spiro atoms. The van der Waals surface area contributed by atoms with Crippen LogP contribution in [0.15, 0.2) is 53.4 Å². The van der Waals surface area contributed by atoms with Gasteiger partial charge in [-0.15, -0.1) is 11.8 Å². The van der Waals surface area contributed by atoms with Crippen molar-refractivity contribution in [1.29, 1.82) is 0 Å². The summed E-state index contributed by atoms with van der Waals surface area (Å²) in [6.07, 6.45) is -0.647. The summed E-state index contributed by atoms with van der Waals surface area (Å²) in [7, 11) is 3.19. The lowest BCUT2D eigenvalue weighted by molar-refractivity contribution is 0.193. The SMILES string of the molecule is COc1cccc(OC)c1C(O)CSc1ccccc1. The van der Waals surface area contributed by atoms with Crippen LogP contribution in [0.5, 0.6) is 11.5 Å². The van der Waals surface area contributed by atoms with Gasteiger partial charge >= 0.3 is 0 Å². The molecule has 0 saturated carbocycles. The first-order chi connectivity index (χ1) is 9.76. The predicted octanol–water partition coefficient (Wildman–Crippen LogP) is 3.53. The summed E-state index contributed by atoms with van der Waals surface area (Å²) < 4.78 is 10.6. The number of hydrogen-bond donors (Lipinski definition) is 1. The molecule has 0 aliphatic rings. The lowest BCUT2D eigenvalue weighted by atomic mass is 10.1. The van der Waals surface area contributed by atoms with Crippen LogP contribution in [0.3, 0.4) is 0 Å². The Morgan fingerprint density at radius 1 is 0.950 bits per heavy atom. The van der Waals surface area contributed by atoms with Crippen molar-refractivity contribution >= 4 is 11.8 Å². The molecule has 0 fully saturated rings. The zero-order chi connectivity index (χ0) is 14.4. The number of ether oxygens (including phenoxy) is 2. The van der Waals surface area contributed by atoms with E-state index in [4.69, 9.17) is 9.47 Å². The second-order valence-electron chi connectivity index (χ2n) is 4.22. The van der Waals surface area contributed by atoms with Gasteiger partial charge < -0.3 is 14.6 Å². The molecule has 2 aromatic carbocycles. The quantitative estimate of drug-likeness (QED) is 0.826. The summed E-state index contributed by atoms with van der Waals surface area (Å²) in [6.45, 7) is 0. The van der Waals surface area contributed by atoms with Gasteiger partial charge in [-0.3, -0.25) is 0 Å². The molecule has 1 atom stereocenters. The van der Waals surface area contributed by atoms with E-state index in [2.05, 4.69) is 0 Å². The molecule has 0 aliphatic carbocycles. The van der Waals surface area contributed by atoms with Crippen LogP contribution in [0.1, 0.15) is 11.7 Å². The van der Waals surface area contributed by atoms with E-state index in [1.807, 2.05) is 48.5 Å². The Hall–Kier alpha value is -1.65. The molecule has 0 amide bonds. The largest absolute Gasteiger partial charge is 0.496 e. The number of aliphatic hydroxyl groups is 1. The van der Waals surface area contributed by atoms with E-state index in [0.717, 1.165) is 4.90 Å². The molecular weight excluding hydrogens is 272 g/mol. The number of benzene rings is 2. The van der Waals surface area contributed by atoms with E-state index in [9.17, 15) is 5.11 Å². The fraction of sp³-hybridized carbons (Fsp3) is 0.250. The topological polar surface area (TPSA) is 38.7 Å². The van der Waals surface area contributed by atoms with Crippen LogP contribution >= 0.6 is 11.8 Å². The van der Waals surface area contributed by atoms with E-state index in [1.165, 1.54) is 0 Å². The maximum atomic E-state index is 10.4. The zero-order valence-electron chi connectivity index (χ0n) is 11.6. The van der Waals surface area contributed by atoms with E-state index in [1.54, 1.807) is 26.0 Å². The van der Waals surface area contributed by atoms with Crippen molar-refractivity contribution in [2.24, 2.45) is 0 Å². The minimum absolute atomic E-state index is 0.542. The molecule has 4 heteroatoms. The first-order valence-electron chi connectivity index (χ1n) is 6.33. The highest BCUT2D eigenvalue weighted by Crippen LogP contribution is 2.36. The third-order valence-electron chi connectivity index (χ3n) is 2.95. The van der Waals surface area contributed by atoms with Crippen LogP contribution in [-0.4, -0.2) is 25.1 Å². The van der Waals surface area contributed by atoms with Crippen molar-refractivity contribution in [3.8, 4) is 11.5 Å². The van der Waals surface area contributed by atoms with Gasteiger partial charge in [0.25, 0.3) is 0 Å². The van der Waals surface area contributed by atoms with Crippen LogP contribution in [0, 0.1) is 0 Å². The van der Waals surface area contributed by atoms with Gasteiger partial charge in [-0.25, -0.2) is 0 Å². The number of rotatable bonds is 6. The number of methoxy groups -OCH3 is 2. The molecule has 0 saturated heterocycles. The molecule has 2 rings (SSSR count). The van der Waals surface area contributed by atoms with E-state index in [-0.39, 0.29) is 0 Å².